The van der Waals surface area contributed by atoms with Gasteiger partial charge in [0.1, 0.15) is 22.1 Å². The van der Waals surface area contributed by atoms with Crippen LogP contribution in [0.4, 0.5) is 29.5 Å². The summed E-state index contributed by atoms with van der Waals surface area (Å²) < 4.78 is 85.6. The third-order valence-corrected chi connectivity index (χ3v) is 8.37. The molecule has 1 aliphatic carbocycles. The lowest BCUT2D eigenvalue weighted by molar-refractivity contribution is 0.0239. The van der Waals surface area contributed by atoms with Gasteiger partial charge in [-0.15, -0.1) is 0 Å². The SMILES string of the molecule is CO[C@H]1C[C@@H](c2nc3c(C4CCN(C(=O)c5ccc(S(F)(F)(F)(F)F)cc5N)CC4)c(F)cnc3[nH]2)C1. The maximum absolute atomic E-state index is 14.9. The zero-order chi connectivity index (χ0) is 26.8. The molecule has 0 spiro atoms. The van der Waals surface area contributed by atoms with Crippen LogP contribution in [0.5, 0.6) is 0 Å². The minimum Gasteiger partial charge on any atom is -0.398 e. The molecule has 0 bridgehead atoms. The number of fused-ring (bicyclic) bond motifs is 1. The number of benzene rings is 1. The third kappa shape index (κ3) is 4.83. The minimum absolute atomic E-state index is 0.0940. The van der Waals surface area contributed by atoms with E-state index >= 15 is 0 Å². The van der Waals surface area contributed by atoms with Gasteiger partial charge in [0.05, 0.1) is 17.9 Å². The number of aromatic nitrogens is 3. The number of imidazole rings is 1. The van der Waals surface area contributed by atoms with Gasteiger partial charge in [0.2, 0.25) is 0 Å². The van der Waals surface area contributed by atoms with E-state index in [1.807, 2.05) is 0 Å². The van der Waals surface area contributed by atoms with Crippen LogP contribution in [0.25, 0.3) is 11.2 Å². The van der Waals surface area contributed by atoms with Gasteiger partial charge in [0.15, 0.2) is 5.65 Å². The number of nitrogen functional groups attached to an aromatic ring is 1. The van der Waals surface area contributed by atoms with Gasteiger partial charge in [-0.3, -0.25) is 4.79 Å². The molecule has 0 radical (unpaired) electrons. The molecule has 1 aromatic carbocycles. The van der Waals surface area contributed by atoms with E-state index in [0.717, 1.165) is 24.9 Å². The van der Waals surface area contributed by atoms with Gasteiger partial charge in [-0.05, 0) is 49.8 Å². The average Bonchev–Trinajstić information content (AvgIpc) is 3.20. The molecule has 3 heterocycles. The Kier molecular flexibility index (Phi) is 5.54. The van der Waals surface area contributed by atoms with Crippen LogP contribution in [0.2, 0.25) is 0 Å². The number of pyridine rings is 1. The maximum Gasteiger partial charge on any atom is 0.310 e. The average molecular weight is 550 g/mol. The van der Waals surface area contributed by atoms with Crippen molar-refractivity contribution in [2.24, 2.45) is 0 Å². The van der Waals surface area contributed by atoms with Crippen molar-refractivity contribution in [3.05, 3.63) is 47.2 Å². The van der Waals surface area contributed by atoms with Crippen LogP contribution in [0, 0.1) is 5.82 Å². The van der Waals surface area contributed by atoms with E-state index < -0.39 is 32.5 Å². The van der Waals surface area contributed by atoms with Gasteiger partial charge in [0, 0.05) is 37.4 Å². The number of likely N-dealkylation sites (tertiary alicyclic amines) is 1. The Hall–Kier alpha value is -3.00. The van der Waals surface area contributed by atoms with E-state index in [9.17, 15) is 28.6 Å². The molecule has 3 N–H and O–H groups in total. The molecule has 14 heteroatoms. The number of rotatable bonds is 5. The quantitative estimate of drug-likeness (QED) is 0.290. The van der Waals surface area contributed by atoms with Crippen LogP contribution < -0.4 is 5.73 Å². The highest BCUT2D eigenvalue weighted by Gasteiger charge is 2.65. The third-order valence-electron chi connectivity index (χ3n) is 7.23. The van der Waals surface area contributed by atoms with E-state index in [-0.39, 0.29) is 48.7 Å². The Bertz CT molecular complexity index is 1380. The number of nitrogens with one attached hydrogen (secondary N) is 1. The number of H-pyrrole nitrogens is 1. The molecule has 2 fully saturated rings. The largest absolute Gasteiger partial charge is 0.398 e. The van der Waals surface area contributed by atoms with Crippen molar-refractivity contribution in [3.63, 3.8) is 0 Å². The van der Waals surface area contributed by atoms with Gasteiger partial charge < -0.3 is 20.4 Å². The van der Waals surface area contributed by atoms with Crippen LogP contribution in [0.3, 0.4) is 0 Å². The Morgan fingerprint density at radius 2 is 1.81 bits per heavy atom. The summed E-state index contributed by atoms with van der Waals surface area (Å²) in [6.07, 6.45) is 3.64. The zero-order valence-electron chi connectivity index (χ0n) is 19.7. The summed E-state index contributed by atoms with van der Waals surface area (Å²) in [6, 6.07) is 0.937. The highest BCUT2D eigenvalue weighted by Crippen LogP contribution is 3.02. The number of anilines is 1. The van der Waals surface area contributed by atoms with E-state index in [2.05, 4.69) is 15.0 Å². The minimum atomic E-state index is -9.92. The van der Waals surface area contributed by atoms with Gasteiger partial charge in [-0.1, -0.05) is 19.4 Å². The molecule has 7 nitrogen and oxygen atoms in total. The number of aromatic amines is 1. The van der Waals surface area contributed by atoms with E-state index in [1.165, 1.54) is 4.90 Å². The highest BCUT2D eigenvalue weighted by atomic mass is 32.5. The summed E-state index contributed by atoms with van der Waals surface area (Å²) in [7, 11) is -8.27. The van der Waals surface area contributed by atoms with Crippen molar-refractivity contribution >= 4 is 33.0 Å². The summed E-state index contributed by atoms with van der Waals surface area (Å²) in [5, 5.41) is 0. The number of piperidine rings is 1. The Morgan fingerprint density at radius 3 is 2.41 bits per heavy atom. The van der Waals surface area contributed by atoms with Crippen LogP contribution in [0.1, 0.15) is 59.3 Å². The standard InChI is InChI=1S/C23H25F6N5O2S/c1-36-14-8-13(9-14)21-32-20-19(17(24)11-31-22(20)33-21)12-4-6-34(7-5-12)23(35)16-3-2-15(10-18(16)30)37(25,26,27,28)29/h2-3,10-14H,4-9,30H2,1H3,(H,31,32,33)/t13-,14+. The molecule has 37 heavy (non-hydrogen) atoms. The summed E-state index contributed by atoms with van der Waals surface area (Å²) >= 11 is 0. The van der Waals surface area contributed by atoms with Crippen molar-refractivity contribution in [1.29, 1.82) is 0 Å². The topological polar surface area (TPSA) is 97.1 Å². The maximum atomic E-state index is 14.9. The van der Waals surface area contributed by atoms with Gasteiger partial charge in [-0.25, -0.2) is 14.4 Å². The number of hydrogen-bond acceptors (Lipinski definition) is 5. The fourth-order valence-corrected chi connectivity index (χ4v) is 5.72. The first-order valence-electron chi connectivity index (χ1n) is 11.6. The number of amides is 1. The van der Waals surface area contributed by atoms with Crippen molar-refractivity contribution in [3.8, 4) is 0 Å². The lowest BCUT2D eigenvalue weighted by atomic mass is 9.82. The molecule has 1 amide bonds. The number of nitrogens with two attached hydrogens (primary N) is 1. The van der Waals surface area contributed by atoms with Crippen LogP contribution in [0.15, 0.2) is 29.3 Å². The predicted molar refractivity (Wildman–Crippen MR) is 127 cm³/mol. The Morgan fingerprint density at radius 1 is 1.14 bits per heavy atom. The molecule has 202 valence electrons. The predicted octanol–water partition coefficient (Wildman–Crippen LogP) is 6.25. The number of hydrogen-bond donors (Lipinski definition) is 2. The molecule has 0 unspecified atom stereocenters. The van der Waals surface area contributed by atoms with Crippen molar-refractivity contribution in [1.82, 2.24) is 19.9 Å². The van der Waals surface area contributed by atoms with E-state index in [0.29, 0.717) is 35.6 Å². The first-order valence-corrected chi connectivity index (χ1v) is 13.6. The van der Waals surface area contributed by atoms with Crippen molar-refractivity contribution in [2.75, 3.05) is 25.9 Å². The number of carbonyl (C=O) groups is 1. The zero-order valence-corrected chi connectivity index (χ0v) is 20.5. The first kappa shape index (κ1) is 25.6. The van der Waals surface area contributed by atoms with E-state index in [4.69, 9.17) is 10.5 Å². The molecule has 0 atom stereocenters. The lowest BCUT2D eigenvalue weighted by Gasteiger charge is -2.40. The fourth-order valence-electron chi connectivity index (χ4n) is 5.05. The Labute approximate surface area is 208 Å². The van der Waals surface area contributed by atoms with Gasteiger partial charge in [0.25, 0.3) is 5.91 Å². The fraction of sp³-hybridized carbons (Fsp3) is 0.435. The van der Waals surface area contributed by atoms with E-state index in [1.54, 1.807) is 7.11 Å². The lowest BCUT2D eigenvalue weighted by Crippen LogP contribution is -2.38. The monoisotopic (exact) mass is 549 g/mol. The van der Waals surface area contributed by atoms with Crippen LogP contribution in [-0.2, 0) is 4.74 Å². The molecule has 1 aliphatic heterocycles. The molecular formula is C23H25F6N5O2S. The molecular weight excluding hydrogens is 524 g/mol. The molecule has 2 aliphatic rings. The summed E-state index contributed by atoms with van der Waals surface area (Å²) in [6.45, 7) is 0.343. The van der Waals surface area contributed by atoms with Gasteiger partial charge in [-0.2, -0.15) is 0 Å². The molecule has 1 saturated carbocycles. The smallest absolute Gasteiger partial charge is 0.310 e. The van der Waals surface area contributed by atoms with Gasteiger partial charge >= 0.3 is 10.2 Å². The molecule has 3 aromatic rings. The number of halogens is 6. The molecule has 2 aromatic heterocycles. The first-order chi connectivity index (χ1) is 17.1. The normalized spacial score (nSPS) is 22.9. The number of nitrogens with zero attached hydrogens (tertiary/aromatic N) is 3. The Balaban J connectivity index is 1.32. The second kappa shape index (κ2) is 8.00. The van der Waals surface area contributed by atoms with Crippen LogP contribution >= 0.6 is 10.2 Å². The number of carbonyl (C=O) groups excluding carboxylic acids is 1. The summed E-state index contributed by atoms with van der Waals surface area (Å²) in [5.41, 5.74) is 5.90. The summed E-state index contributed by atoms with van der Waals surface area (Å²) in [5.74, 6) is -0.558. The van der Waals surface area contributed by atoms with Crippen LogP contribution in [-0.4, -0.2) is 52.1 Å². The molecule has 1 saturated heterocycles. The number of methoxy groups -OCH3 is 1. The summed E-state index contributed by atoms with van der Waals surface area (Å²) in [4.78, 5) is 24.1. The van der Waals surface area contributed by atoms with Crippen molar-refractivity contribution in [2.45, 2.75) is 48.5 Å². The van der Waals surface area contributed by atoms with Crippen molar-refractivity contribution < 1.29 is 33.4 Å². The second-order valence-electron chi connectivity index (χ2n) is 9.65. The molecule has 5 rings (SSSR count). The number of ether oxygens (including phenoxy) is 1. The second-order valence-corrected chi connectivity index (χ2v) is 12.1. The highest BCUT2D eigenvalue weighted by molar-refractivity contribution is 8.45.